The lowest BCUT2D eigenvalue weighted by atomic mass is 10.1. The minimum Gasteiger partial charge on any atom is -0.493 e. The molecular formula is C22H24N2O5S. The molecule has 2 aromatic carbocycles. The van der Waals surface area contributed by atoms with Crippen LogP contribution in [-0.4, -0.2) is 37.8 Å². The maximum atomic E-state index is 12.7. The standard InChI is InChI=1S/C22H24N2O5S/c1-5-14-6-8-16-19(11-14)30-22(24(16)13-21(26)29-4)23-20(25)12-15-7-9-17(27-2)18(10-15)28-3/h6-11H,5,12-13H2,1-4H3. The number of fused-ring (bicyclic) bond motifs is 1. The third kappa shape index (κ3) is 4.71. The summed E-state index contributed by atoms with van der Waals surface area (Å²) >= 11 is 1.38. The third-order valence-electron chi connectivity index (χ3n) is 4.69. The summed E-state index contributed by atoms with van der Waals surface area (Å²) in [5, 5.41) is 0. The van der Waals surface area contributed by atoms with Crippen molar-refractivity contribution in [1.82, 2.24) is 4.57 Å². The van der Waals surface area contributed by atoms with Gasteiger partial charge in [0.1, 0.15) is 6.54 Å². The molecule has 1 aromatic heterocycles. The molecule has 1 heterocycles. The summed E-state index contributed by atoms with van der Waals surface area (Å²) < 4.78 is 18.0. The minimum absolute atomic E-state index is 0.00948. The van der Waals surface area contributed by atoms with E-state index in [1.165, 1.54) is 24.0 Å². The van der Waals surface area contributed by atoms with Crippen LogP contribution in [0.25, 0.3) is 10.2 Å². The molecule has 7 nitrogen and oxygen atoms in total. The van der Waals surface area contributed by atoms with Gasteiger partial charge >= 0.3 is 5.97 Å². The number of aromatic nitrogens is 1. The number of thiazole rings is 1. The van der Waals surface area contributed by atoms with Crippen molar-refractivity contribution in [2.45, 2.75) is 26.3 Å². The van der Waals surface area contributed by atoms with Crippen molar-refractivity contribution < 1.29 is 23.8 Å². The van der Waals surface area contributed by atoms with Crippen LogP contribution in [-0.2, 0) is 33.7 Å². The topological polar surface area (TPSA) is 79.1 Å². The lowest BCUT2D eigenvalue weighted by molar-refractivity contribution is -0.141. The van der Waals surface area contributed by atoms with E-state index >= 15 is 0 Å². The van der Waals surface area contributed by atoms with Crippen LogP contribution >= 0.6 is 11.3 Å². The Morgan fingerprint density at radius 2 is 1.73 bits per heavy atom. The Morgan fingerprint density at radius 1 is 1.00 bits per heavy atom. The molecule has 0 saturated carbocycles. The second kappa shape index (κ2) is 9.58. The summed E-state index contributed by atoms with van der Waals surface area (Å²) in [4.78, 5) is 29.4. The zero-order valence-corrected chi connectivity index (χ0v) is 18.2. The maximum Gasteiger partial charge on any atom is 0.325 e. The highest BCUT2D eigenvalue weighted by molar-refractivity contribution is 7.16. The van der Waals surface area contributed by atoms with Gasteiger partial charge in [-0.15, -0.1) is 0 Å². The van der Waals surface area contributed by atoms with Crippen molar-refractivity contribution in [2.24, 2.45) is 4.99 Å². The summed E-state index contributed by atoms with van der Waals surface area (Å²) in [5.41, 5.74) is 2.78. The Balaban J connectivity index is 1.98. The monoisotopic (exact) mass is 428 g/mol. The Hall–Kier alpha value is -3.13. The van der Waals surface area contributed by atoms with E-state index in [4.69, 9.17) is 14.2 Å². The number of benzene rings is 2. The molecule has 0 aliphatic heterocycles. The van der Waals surface area contributed by atoms with Gasteiger partial charge in [0, 0.05) is 0 Å². The van der Waals surface area contributed by atoms with E-state index in [2.05, 4.69) is 18.0 Å². The Labute approximate surface area is 178 Å². The van der Waals surface area contributed by atoms with Gasteiger partial charge in [0.2, 0.25) is 0 Å². The largest absolute Gasteiger partial charge is 0.493 e. The van der Waals surface area contributed by atoms with Gasteiger partial charge in [-0.25, -0.2) is 0 Å². The van der Waals surface area contributed by atoms with Crippen LogP contribution < -0.4 is 14.3 Å². The van der Waals surface area contributed by atoms with E-state index in [1.807, 2.05) is 12.1 Å². The van der Waals surface area contributed by atoms with Gasteiger partial charge in [0.25, 0.3) is 5.91 Å². The highest BCUT2D eigenvalue weighted by atomic mass is 32.1. The van der Waals surface area contributed by atoms with E-state index in [9.17, 15) is 9.59 Å². The van der Waals surface area contributed by atoms with Gasteiger partial charge in [-0.3, -0.25) is 9.59 Å². The van der Waals surface area contributed by atoms with Crippen molar-refractivity contribution in [2.75, 3.05) is 21.3 Å². The predicted octanol–water partition coefficient (Wildman–Crippen LogP) is 3.13. The minimum atomic E-state index is -0.400. The van der Waals surface area contributed by atoms with Gasteiger partial charge in [-0.2, -0.15) is 4.99 Å². The molecule has 0 aliphatic carbocycles. The summed E-state index contributed by atoms with van der Waals surface area (Å²) in [7, 11) is 4.44. The number of carbonyl (C=O) groups is 2. The number of aryl methyl sites for hydroxylation is 1. The number of nitrogens with zero attached hydrogens (tertiary/aromatic N) is 2. The van der Waals surface area contributed by atoms with Crippen molar-refractivity contribution in [3.05, 3.63) is 52.3 Å². The first-order valence-corrected chi connectivity index (χ1v) is 10.3. The van der Waals surface area contributed by atoms with Crippen molar-refractivity contribution in [3.63, 3.8) is 0 Å². The first-order chi connectivity index (χ1) is 14.5. The summed E-state index contributed by atoms with van der Waals surface area (Å²) in [6, 6.07) is 11.3. The van der Waals surface area contributed by atoms with E-state index in [-0.39, 0.29) is 18.9 Å². The Kier molecular flexibility index (Phi) is 6.89. The fourth-order valence-electron chi connectivity index (χ4n) is 3.08. The van der Waals surface area contributed by atoms with E-state index < -0.39 is 5.97 Å². The van der Waals surface area contributed by atoms with E-state index in [1.54, 1.807) is 37.0 Å². The first-order valence-electron chi connectivity index (χ1n) is 9.46. The van der Waals surface area contributed by atoms with Gasteiger partial charge in [-0.05, 0) is 41.8 Å². The molecule has 0 aliphatic rings. The molecule has 3 aromatic rings. The molecule has 1 amide bonds. The second-order valence-corrected chi connectivity index (χ2v) is 7.58. The molecule has 0 fully saturated rings. The van der Waals surface area contributed by atoms with Crippen LogP contribution in [0.15, 0.2) is 41.4 Å². The van der Waals surface area contributed by atoms with Gasteiger partial charge < -0.3 is 18.8 Å². The summed E-state index contributed by atoms with van der Waals surface area (Å²) in [6.07, 6.45) is 1.00. The number of rotatable bonds is 7. The van der Waals surface area contributed by atoms with Crippen molar-refractivity contribution >= 4 is 33.4 Å². The number of hydrogen-bond acceptors (Lipinski definition) is 6. The van der Waals surface area contributed by atoms with Crippen LogP contribution in [0.4, 0.5) is 0 Å². The first kappa shape index (κ1) is 21.6. The van der Waals surface area contributed by atoms with Crippen LogP contribution in [0.5, 0.6) is 11.5 Å². The molecule has 0 atom stereocenters. The average Bonchev–Trinajstić information content (AvgIpc) is 3.08. The predicted molar refractivity (Wildman–Crippen MR) is 115 cm³/mol. The Bertz CT molecular complexity index is 1150. The number of ether oxygens (including phenoxy) is 3. The highest BCUT2D eigenvalue weighted by Gasteiger charge is 2.13. The SMILES string of the molecule is CCc1ccc2c(c1)sc(=NC(=O)Cc1ccc(OC)c(OC)c1)n2CC(=O)OC. The lowest BCUT2D eigenvalue weighted by Crippen LogP contribution is -2.22. The molecule has 0 unspecified atom stereocenters. The van der Waals surface area contributed by atoms with Crippen LogP contribution in [0.1, 0.15) is 18.1 Å². The average molecular weight is 429 g/mol. The molecular weight excluding hydrogens is 404 g/mol. The Morgan fingerprint density at radius 3 is 2.40 bits per heavy atom. The zero-order valence-electron chi connectivity index (χ0n) is 17.4. The molecule has 0 spiro atoms. The van der Waals surface area contributed by atoms with Crippen LogP contribution in [0, 0.1) is 0 Å². The number of hydrogen-bond donors (Lipinski definition) is 0. The van der Waals surface area contributed by atoms with E-state index in [0.29, 0.717) is 16.3 Å². The van der Waals surface area contributed by atoms with Crippen molar-refractivity contribution in [3.8, 4) is 11.5 Å². The zero-order chi connectivity index (χ0) is 21.7. The quantitative estimate of drug-likeness (QED) is 0.540. The molecule has 0 N–H and O–H groups in total. The summed E-state index contributed by atoms with van der Waals surface area (Å²) in [5.74, 6) is 0.432. The maximum absolute atomic E-state index is 12.7. The smallest absolute Gasteiger partial charge is 0.325 e. The fraction of sp³-hybridized carbons (Fsp3) is 0.318. The van der Waals surface area contributed by atoms with Gasteiger partial charge in [0.15, 0.2) is 16.3 Å². The van der Waals surface area contributed by atoms with Crippen molar-refractivity contribution in [1.29, 1.82) is 0 Å². The third-order valence-corrected chi connectivity index (χ3v) is 5.74. The molecule has 3 rings (SSSR count). The number of methoxy groups -OCH3 is 3. The fourth-order valence-corrected chi connectivity index (χ4v) is 4.19. The molecule has 30 heavy (non-hydrogen) atoms. The molecule has 158 valence electrons. The number of amides is 1. The van der Waals surface area contributed by atoms with Gasteiger partial charge in [0.05, 0.1) is 38.0 Å². The molecule has 0 radical (unpaired) electrons. The molecule has 0 bridgehead atoms. The van der Waals surface area contributed by atoms with Gasteiger partial charge in [-0.1, -0.05) is 30.4 Å². The second-order valence-electron chi connectivity index (χ2n) is 6.57. The lowest BCUT2D eigenvalue weighted by Gasteiger charge is -2.08. The normalized spacial score (nSPS) is 11.5. The number of carbonyl (C=O) groups excluding carboxylic acids is 2. The molecule has 8 heteroatoms. The number of esters is 1. The highest BCUT2D eigenvalue weighted by Crippen LogP contribution is 2.27. The summed E-state index contributed by atoms with van der Waals surface area (Å²) in [6.45, 7) is 2.07. The van der Waals surface area contributed by atoms with Crippen LogP contribution in [0.3, 0.4) is 0 Å². The van der Waals surface area contributed by atoms with Crippen LogP contribution in [0.2, 0.25) is 0 Å². The van der Waals surface area contributed by atoms with E-state index in [0.717, 1.165) is 22.2 Å². The molecule has 0 saturated heterocycles.